The third-order valence-electron chi connectivity index (χ3n) is 1.56. The number of esters is 1. The molecule has 0 bridgehead atoms. The van der Waals surface area contributed by atoms with Crippen LogP contribution in [0.2, 0.25) is 0 Å². The maximum atomic E-state index is 10.7. The van der Waals surface area contributed by atoms with Crippen LogP contribution in [0.15, 0.2) is 37.5 Å². The van der Waals surface area contributed by atoms with Crippen molar-refractivity contribution in [2.24, 2.45) is 0 Å². The van der Waals surface area contributed by atoms with Crippen molar-refractivity contribution >= 4 is 17.8 Å². The number of aliphatic hydroxyl groups excluding tert-OH is 1. The number of hydrogen-bond acceptors (Lipinski definition) is 5. The number of aliphatic hydroxyl groups is 1. The fourth-order valence-electron chi connectivity index (χ4n) is 0.643. The van der Waals surface area contributed by atoms with Gasteiger partial charge in [-0.3, -0.25) is 14.5 Å². The Morgan fingerprint density at radius 3 is 1.72 bits per heavy atom. The zero-order valence-electron chi connectivity index (χ0n) is 10.5. The van der Waals surface area contributed by atoms with E-state index in [1.54, 1.807) is 6.92 Å². The van der Waals surface area contributed by atoms with Gasteiger partial charge in [-0.2, -0.15) is 0 Å². The largest absolute Gasteiger partial charge is 0.466 e. The molecule has 0 spiro atoms. The maximum absolute atomic E-state index is 10.7. The van der Waals surface area contributed by atoms with Crippen molar-refractivity contribution in [3.8, 4) is 0 Å². The molecule has 6 nitrogen and oxygen atoms in total. The molecule has 2 amide bonds. The van der Waals surface area contributed by atoms with E-state index in [0.717, 1.165) is 12.2 Å². The number of nitrogens with zero attached hydrogens (tertiary/aromatic N) is 1. The lowest BCUT2D eigenvalue weighted by Gasteiger charge is -2.12. The predicted molar refractivity (Wildman–Crippen MR) is 66.2 cm³/mol. The number of imide groups is 1. The highest BCUT2D eigenvalue weighted by atomic mass is 16.5. The van der Waals surface area contributed by atoms with Gasteiger partial charge in [-0.25, -0.2) is 4.79 Å². The van der Waals surface area contributed by atoms with Gasteiger partial charge >= 0.3 is 5.97 Å². The molecule has 0 aliphatic carbocycles. The van der Waals surface area contributed by atoms with E-state index in [-0.39, 0.29) is 5.97 Å². The molecule has 6 heteroatoms. The molecule has 0 rings (SSSR count). The first-order valence-corrected chi connectivity index (χ1v) is 4.80. The monoisotopic (exact) mass is 255 g/mol. The Morgan fingerprint density at radius 1 is 1.22 bits per heavy atom. The van der Waals surface area contributed by atoms with E-state index >= 15 is 0 Å². The lowest BCUT2D eigenvalue weighted by Crippen LogP contribution is -2.34. The zero-order valence-corrected chi connectivity index (χ0v) is 10.5. The molecule has 1 N–H and O–H groups in total. The van der Waals surface area contributed by atoms with Crippen LogP contribution in [0.25, 0.3) is 0 Å². The second-order valence-electron chi connectivity index (χ2n) is 2.93. The average molecular weight is 255 g/mol. The summed E-state index contributed by atoms with van der Waals surface area (Å²) in [5.74, 6) is -1.63. The van der Waals surface area contributed by atoms with E-state index in [4.69, 9.17) is 5.11 Å². The molecule has 0 aliphatic heterocycles. The molecule has 0 atom stereocenters. The summed E-state index contributed by atoms with van der Waals surface area (Å²) in [7, 11) is 1.33. The minimum Gasteiger partial charge on any atom is -0.466 e. The predicted octanol–water partition coefficient (Wildman–Crippen LogP) is 0.399. The number of hydrogen-bond donors (Lipinski definition) is 1. The molecule has 0 heterocycles. The second kappa shape index (κ2) is 9.98. The van der Waals surface area contributed by atoms with Gasteiger partial charge in [0.1, 0.15) is 6.73 Å². The number of carbonyl (C=O) groups excluding carboxylic acids is 3. The smallest absolute Gasteiger partial charge is 0.332 e. The molecule has 0 aliphatic rings. The molecule has 0 unspecified atom stereocenters. The maximum Gasteiger partial charge on any atom is 0.332 e. The Bertz CT molecular complexity index is 339. The average Bonchev–Trinajstić information content (AvgIpc) is 2.38. The first-order valence-electron chi connectivity index (χ1n) is 4.80. The fourth-order valence-corrected chi connectivity index (χ4v) is 0.643. The molecule has 100 valence electrons. The van der Waals surface area contributed by atoms with Crippen LogP contribution in [0.1, 0.15) is 6.92 Å². The van der Waals surface area contributed by atoms with Gasteiger partial charge in [0.25, 0.3) is 11.8 Å². The third kappa shape index (κ3) is 7.13. The second-order valence-corrected chi connectivity index (χ2v) is 2.93. The van der Waals surface area contributed by atoms with Gasteiger partial charge in [-0.05, 0) is 19.1 Å². The van der Waals surface area contributed by atoms with Crippen LogP contribution in [-0.4, -0.2) is 41.6 Å². The van der Waals surface area contributed by atoms with Crippen LogP contribution in [0.5, 0.6) is 0 Å². The number of rotatable bonds is 4. The van der Waals surface area contributed by atoms with Crippen molar-refractivity contribution in [2.75, 3.05) is 13.8 Å². The lowest BCUT2D eigenvalue weighted by molar-refractivity contribution is -0.142. The van der Waals surface area contributed by atoms with Gasteiger partial charge in [0.05, 0.1) is 7.11 Å². The highest BCUT2D eigenvalue weighted by Crippen LogP contribution is 1.90. The molecular formula is C12H17NO5. The minimum absolute atomic E-state index is 0.347. The summed E-state index contributed by atoms with van der Waals surface area (Å²) in [6.45, 7) is 10.6. The quantitative estimate of drug-likeness (QED) is 0.446. The minimum atomic E-state index is -0.657. The van der Waals surface area contributed by atoms with Crippen molar-refractivity contribution in [2.45, 2.75) is 6.92 Å². The van der Waals surface area contributed by atoms with Crippen molar-refractivity contribution in [1.82, 2.24) is 4.90 Å². The summed E-state index contributed by atoms with van der Waals surface area (Å²) in [6.07, 6.45) is 1.88. The van der Waals surface area contributed by atoms with Crippen LogP contribution in [-0.2, 0) is 19.1 Å². The molecule has 0 saturated heterocycles. The van der Waals surface area contributed by atoms with Gasteiger partial charge in [0, 0.05) is 5.57 Å². The van der Waals surface area contributed by atoms with Crippen molar-refractivity contribution in [3.05, 3.63) is 37.5 Å². The van der Waals surface area contributed by atoms with E-state index in [0.29, 0.717) is 10.5 Å². The number of methoxy groups -OCH3 is 1. The highest BCUT2D eigenvalue weighted by Gasteiger charge is 2.13. The van der Waals surface area contributed by atoms with E-state index in [9.17, 15) is 14.4 Å². The highest BCUT2D eigenvalue weighted by molar-refractivity contribution is 6.04. The van der Waals surface area contributed by atoms with Gasteiger partial charge in [-0.15, -0.1) is 0 Å². The normalized spacial score (nSPS) is 8.17. The summed E-state index contributed by atoms with van der Waals surface area (Å²) in [4.78, 5) is 32.2. The van der Waals surface area contributed by atoms with E-state index in [1.807, 2.05) is 0 Å². The lowest BCUT2D eigenvalue weighted by atomic mass is 10.4. The first-order chi connectivity index (χ1) is 8.35. The van der Waals surface area contributed by atoms with Crippen LogP contribution in [0, 0.1) is 0 Å². The molecule has 0 saturated carbocycles. The topological polar surface area (TPSA) is 83.9 Å². The number of carbonyl (C=O) groups is 3. The standard InChI is InChI=1S/C7H9NO3.C5H8O2/c1-3-6(10)8(5-9)7(11)4-2;1-4(2)5(6)7-3/h3-4,9H,1-2,5H2;1H2,2-3H3. The Balaban J connectivity index is 0. The first kappa shape index (κ1) is 18.2. The van der Waals surface area contributed by atoms with Crippen molar-refractivity contribution in [1.29, 1.82) is 0 Å². The molecule has 0 aromatic heterocycles. The van der Waals surface area contributed by atoms with Gasteiger partial charge in [0.2, 0.25) is 0 Å². The Morgan fingerprint density at radius 2 is 1.61 bits per heavy atom. The summed E-state index contributed by atoms with van der Waals surface area (Å²) < 4.78 is 4.27. The summed E-state index contributed by atoms with van der Waals surface area (Å²) in [5, 5.41) is 8.52. The molecule has 0 aromatic rings. The van der Waals surface area contributed by atoms with Crippen LogP contribution >= 0.6 is 0 Å². The number of ether oxygens (including phenoxy) is 1. The van der Waals surface area contributed by atoms with Crippen LogP contribution in [0.3, 0.4) is 0 Å². The Hall–Kier alpha value is -2.21. The summed E-state index contributed by atoms with van der Waals surface area (Å²) in [6, 6.07) is 0. The molecule has 18 heavy (non-hydrogen) atoms. The van der Waals surface area contributed by atoms with Crippen LogP contribution in [0.4, 0.5) is 0 Å². The zero-order chi connectivity index (χ0) is 14.7. The van der Waals surface area contributed by atoms with Gasteiger partial charge < -0.3 is 9.84 Å². The Kier molecular flexibility index (Phi) is 10.1. The number of amides is 2. The fraction of sp³-hybridized carbons (Fsp3) is 0.250. The summed E-state index contributed by atoms with van der Waals surface area (Å²) in [5.41, 5.74) is 0.433. The van der Waals surface area contributed by atoms with Crippen molar-refractivity contribution in [3.63, 3.8) is 0 Å². The Labute approximate surface area is 106 Å². The molecular weight excluding hydrogens is 238 g/mol. The van der Waals surface area contributed by atoms with Gasteiger partial charge in [0.15, 0.2) is 0 Å². The SMILES string of the molecule is C=C(C)C(=O)OC.C=CC(=O)N(CO)C(=O)C=C. The van der Waals surface area contributed by atoms with E-state index < -0.39 is 18.5 Å². The van der Waals surface area contributed by atoms with Gasteiger partial charge in [-0.1, -0.05) is 19.7 Å². The van der Waals surface area contributed by atoms with Crippen LogP contribution < -0.4 is 0 Å². The molecule has 0 aromatic carbocycles. The van der Waals surface area contributed by atoms with E-state index in [1.165, 1.54) is 7.11 Å². The third-order valence-corrected chi connectivity index (χ3v) is 1.56. The van der Waals surface area contributed by atoms with E-state index in [2.05, 4.69) is 24.5 Å². The molecule has 0 fully saturated rings. The van der Waals surface area contributed by atoms with Crippen molar-refractivity contribution < 1.29 is 24.2 Å². The molecule has 0 radical (unpaired) electrons. The summed E-state index contributed by atoms with van der Waals surface area (Å²) >= 11 is 0.